The van der Waals surface area contributed by atoms with Crippen molar-refractivity contribution >= 4 is 17.4 Å². The van der Waals surface area contributed by atoms with Gasteiger partial charge in [0.05, 0.1) is 0 Å². The number of carbonyl (C=O) groups excluding carboxylic acids is 1. The van der Waals surface area contributed by atoms with Gasteiger partial charge in [0.25, 0.3) is 0 Å². The van der Waals surface area contributed by atoms with E-state index in [0.29, 0.717) is 10.6 Å². The van der Waals surface area contributed by atoms with Crippen molar-refractivity contribution in [2.24, 2.45) is 0 Å². The summed E-state index contributed by atoms with van der Waals surface area (Å²) >= 11 is 5.97. The van der Waals surface area contributed by atoms with Crippen LogP contribution in [0.3, 0.4) is 0 Å². The summed E-state index contributed by atoms with van der Waals surface area (Å²) in [7, 11) is 1.47. The fourth-order valence-electron chi connectivity index (χ4n) is 2.04. The van der Waals surface area contributed by atoms with E-state index in [2.05, 4.69) is 0 Å². The average molecular weight is 293 g/mol. The van der Waals surface area contributed by atoms with E-state index in [1.165, 1.54) is 25.3 Å². The number of rotatable bonds is 5. The number of halogens is 2. The minimum Gasteiger partial charge on any atom is -0.369 e. The van der Waals surface area contributed by atoms with E-state index in [-0.39, 0.29) is 12.2 Å². The maximum atomic E-state index is 13.2. The molecule has 2 aromatic rings. The van der Waals surface area contributed by atoms with Gasteiger partial charge in [-0.15, -0.1) is 0 Å². The van der Waals surface area contributed by atoms with Crippen LogP contribution in [0.2, 0.25) is 5.02 Å². The average Bonchev–Trinajstić information content (AvgIpc) is 2.45. The molecule has 0 saturated heterocycles. The fourth-order valence-corrected chi connectivity index (χ4v) is 2.22. The van der Waals surface area contributed by atoms with Crippen LogP contribution >= 0.6 is 11.6 Å². The Bertz CT molecular complexity index is 599. The molecule has 0 aliphatic carbocycles. The van der Waals surface area contributed by atoms with Crippen molar-refractivity contribution in [3.05, 3.63) is 70.5 Å². The molecular formula is C16H14ClFO2. The minimum absolute atomic E-state index is 0.0317. The number of benzene rings is 2. The van der Waals surface area contributed by atoms with Gasteiger partial charge in [0.1, 0.15) is 11.9 Å². The molecular weight excluding hydrogens is 279 g/mol. The summed E-state index contributed by atoms with van der Waals surface area (Å²) in [6.45, 7) is 0. The molecule has 0 fully saturated rings. The molecule has 2 nitrogen and oxygen atoms in total. The summed E-state index contributed by atoms with van der Waals surface area (Å²) in [5, 5.41) is 0.377. The SMILES string of the molecule is COC(C(=O)Cc1cc(F)ccc1Cl)c1ccccc1. The van der Waals surface area contributed by atoms with Crippen LogP contribution in [0, 0.1) is 5.82 Å². The predicted octanol–water partition coefficient (Wildman–Crippen LogP) is 3.98. The summed E-state index contributed by atoms with van der Waals surface area (Å²) in [5.41, 5.74) is 1.24. The van der Waals surface area contributed by atoms with Crippen LogP contribution in [0.1, 0.15) is 17.2 Å². The summed E-state index contributed by atoms with van der Waals surface area (Å²) < 4.78 is 18.5. The van der Waals surface area contributed by atoms with Crippen LogP contribution in [-0.4, -0.2) is 12.9 Å². The van der Waals surface area contributed by atoms with Crippen LogP contribution in [0.5, 0.6) is 0 Å². The molecule has 104 valence electrons. The summed E-state index contributed by atoms with van der Waals surface area (Å²) in [6, 6.07) is 13.2. The molecule has 0 N–H and O–H groups in total. The van der Waals surface area contributed by atoms with E-state index in [9.17, 15) is 9.18 Å². The van der Waals surface area contributed by atoms with Gasteiger partial charge in [-0.25, -0.2) is 4.39 Å². The molecule has 0 spiro atoms. The van der Waals surface area contributed by atoms with E-state index in [1.54, 1.807) is 0 Å². The lowest BCUT2D eigenvalue weighted by Crippen LogP contribution is -2.17. The third-order valence-corrected chi connectivity index (χ3v) is 3.37. The number of carbonyl (C=O) groups is 1. The van der Waals surface area contributed by atoms with Gasteiger partial charge in [-0.05, 0) is 29.3 Å². The Morgan fingerprint density at radius 2 is 1.95 bits per heavy atom. The monoisotopic (exact) mass is 292 g/mol. The van der Waals surface area contributed by atoms with Gasteiger partial charge in [0.2, 0.25) is 0 Å². The lowest BCUT2D eigenvalue weighted by atomic mass is 10.00. The molecule has 1 unspecified atom stereocenters. The highest BCUT2D eigenvalue weighted by molar-refractivity contribution is 6.31. The molecule has 20 heavy (non-hydrogen) atoms. The van der Waals surface area contributed by atoms with Crippen molar-refractivity contribution in [2.75, 3.05) is 7.11 Å². The van der Waals surface area contributed by atoms with Crippen LogP contribution in [-0.2, 0) is 16.0 Å². The lowest BCUT2D eigenvalue weighted by Gasteiger charge is -2.15. The van der Waals surface area contributed by atoms with Gasteiger partial charge < -0.3 is 4.74 Å². The minimum atomic E-state index is -0.671. The smallest absolute Gasteiger partial charge is 0.170 e. The molecule has 0 bridgehead atoms. The van der Waals surface area contributed by atoms with Crippen molar-refractivity contribution in [1.29, 1.82) is 0 Å². The summed E-state index contributed by atoms with van der Waals surface area (Å²) in [5.74, 6) is -0.572. The van der Waals surface area contributed by atoms with Gasteiger partial charge in [0, 0.05) is 18.6 Å². The third kappa shape index (κ3) is 3.44. The van der Waals surface area contributed by atoms with Gasteiger partial charge >= 0.3 is 0 Å². The Balaban J connectivity index is 2.20. The van der Waals surface area contributed by atoms with Crippen molar-refractivity contribution in [2.45, 2.75) is 12.5 Å². The van der Waals surface area contributed by atoms with E-state index in [0.717, 1.165) is 5.56 Å². The zero-order valence-corrected chi connectivity index (χ0v) is 11.7. The number of hydrogen-bond donors (Lipinski definition) is 0. The normalized spacial score (nSPS) is 12.2. The van der Waals surface area contributed by atoms with Gasteiger partial charge in [-0.2, -0.15) is 0 Å². The van der Waals surface area contributed by atoms with E-state index in [4.69, 9.17) is 16.3 Å². The molecule has 0 amide bonds. The van der Waals surface area contributed by atoms with Crippen LogP contribution in [0.4, 0.5) is 4.39 Å². The molecule has 1 atom stereocenters. The maximum absolute atomic E-state index is 13.2. The lowest BCUT2D eigenvalue weighted by molar-refractivity contribution is -0.128. The third-order valence-electron chi connectivity index (χ3n) is 3.00. The molecule has 0 saturated carbocycles. The Hall–Kier alpha value is -1.71. The second-order valence-corrected chi connectivity index (χ2v) is 4.81. The van der Waals surface area contributed by atoms with Crippen LogP contribution in [0.15, 0.2) is 48.5 Å². The maximum Gasteiger partial charge on any atom is 0.170 e. The van der Waals surface area contributed by atoms with Crippen molar-refractivity contribution in [1.82, 2.24) is 0 Å². The Kier molecular flexibility index (Phi) is 4.88. The predicted molar refractivity (Wildman–Crippen MR) is 76.3 cm³/mol. The number of ether oxygens (including phenoxy) is 1. The molecule has 0 heterocycles. The zero-order valence-electron chi connectivity index (χ0n) is 11.0. The zero-order chi connectivity index (χ0) is 14.5. The van der Waals surface area contributed by atoms with Crippen LogP contribution in [0.25, 0.3) is 0 Å². The first-order chi connectivity index (χ1) is 9.61. The van der Waals surface area contributed by atoms with Crippen LogP contribution < -0.4 is 0 Å². The summed E-state index contributed by atoms with van der Waals surface area (Å²) in [4.78, 5) is 12.3. The van der Waals surface area contributed by atoms with Gasteiger partial charge in [0.15, 0.2) is 5.78 Å². The molecule has 2 rings (SSSR count). The molecule has 4 heteroatoms. The first-order valence-corrected chi connectivity index (χ1v) is 6.54. The number of methoxy groups -OCH3 is 1. The Labute approximate surface area is 122 Å². The highest BCUT2D eigenvalue weighted by atomic mass is 35.5. The topological polar surface area (TPSA) is 26.3 Å². The molecule has 0 aliphatic heterocycles. The van der Waals surface area contributed by atoms with Crippen molar-refractivity contribution in [3.8, 4) is 0 Å². The quantitative estimate of drug-likeness (QED) is 0.833. The summed E-state index contributed by atoms with van der Waals surface area (Å²) in [6.07, 6.45) is -0.639. The number of hydrogen-bond acceptors (Lipinski definition) is 2. The Morgan fingerprint density at radius 3 is 2.60 bits per heavy atom. The fraction of sp³-hybridized carbons (Fsp3) is 0.188. The highest BCUT2D eigenvalue weighted by Crippen LogP contribution is 2.23. The first-order valence-electron chi connectivity index (χ1n) is 6.16. The molecule has 2 aromatic carbocycles. The largest absolute Gasteiger partial charge is 0.369 e. The number of Topliss-reactive ketones (excluding diaryl/α,β-unsaturated/α-hetero) is 1. The van der Waals surface area contributed by atoms with E-state index in [1.807, 2.05) is 30.3 Å². The number of ketones is 1. The first kappa shape index (κ1) is 14.7. The van der Waals surface area contributed by atoms with Gasteiger partial charge in [-0.1, -0.05) is 41.9 Å². The van der Waals surface area contributed by atoms with Crippen molar-refractivity contribution in [3.63, 3.8) is 0 Å². The molecule has 0 aromatic heterocycles. The van der Waals surface area contributed by atoms with Crippen molar-refractivity contribution < 1.29 is 13.9 Å². The highest BCUT2D eigenvalue weighted by Gasteiger charge is 2.21. The van der Waals surface area contributed by atoms with Gasteiger partial charge in [-0.3, -0.25) is 4.79 Å². The standard InChI is InChI=1S/C16H14ClFO2/c1-20-16(11-5-3-2-4-6-11)15(19)10-12-9-13(18)7-8-14(12)17/h2-9,16H,10H2,1H3. The Morgan fingerprint density at radius 1 is 1.25 bits per heavy atom. The second kappa shape index (κ2) is 6.64. The molecule has 0 radical (unpaired) electrons. The van der Waals surface area contributed by atoms with E-state index < -0.39 is 11.9 Å². The van der Waals surface area contributed by atoms with E-state index >= 15 is 0 Å². The second-order valence-electron chi connectivity index (χ2n) is 4.41. The molecule has 0 aliphatic rings.